The van der Waals surface area contributed by atoms with Crippen molar-refractivity contribution in [3.05, 3.63) is 29.6 Å². The van der Waals surface area contributed by atoms with Crippen molar-refractivity contribution in [1.29, 1.82) is 5.26 Å². The lowest BCUT2D eigenvalue weighted by atomic mass is 10.0. The van der Waals surface area contributed by atoms with E-state index in [2.05, 4.69) is 4.72 Å². The van der Waals surface area contributed by atoms with Crippen LogP contribution in [0.3, 0.4) is 0 Å². The Morgan fingerprint density at radius 2 is 2.10 bits per heavy atom. The third-order valence-corrected chi connectivity index (χ3v) is 5.72. The number of rotatable bonds is 5. The van der Waals surface area contributed by atoms with Gasteiger partial charge in [0, 0.05) is 6.54 Å². The lowest BCUT2D eigenvalue weighted by Gasteiger charge is -2.15. The molecule has 0 bridgehead atoms. The molecule has 4 nitrogen and oxygen atoms in total. The second kappa shape index (κ2) is 4.54. The Hall–Kier alpha value is -1.45. The molecule has 20 heavy (non-hydrogen) atoms. The zero-order valence-electron chi connectivity index (χ0n) is 10.9. The molecule has 2 aliphatic rings. The van der Waals surface area contributed by atoms with Crippen molar-refractivity contribution < 1.29 is 12.8 Å². The first-order valence-electron chi connectivity index (χ1n) is 6.66. The molecule has 0 atom stereocenters. The number of nitrogens with one attached hydrogen (secondary N) is 1. The molecule has 0 amide bonds. The van der Waals surface area contributed by atoms with Crippen LogP contribution in [0, 0.1) is 28.5 Å². The lowest BCUT2D eigenvalue weighted by Crippen LogP contribution is -2.31. The van der Waals surface area contributed by atoms with Gasteiger partial charge in [-0.15, -0.1) is 0 Å². The second-order valence-electron chi connectivity index (χ2n) is 5.71. The normalized spacial score (nSPS) is 20.4. The Kier molecular flexibility index (Phi) is 3.07. The highest BCUT2D eigenvalue weighted by molar-refractivity contribution is 7.89. The number of sulfonamides is 1. The molecular formula is C14H15FN2O2S. The summed E-state index contributed by atoms with van der Waals surface area (Å²) < 4.78 is 40.2. The van der Waals surface area contributed by atoms with Crippen molar-refractivity contribution in [2.24, 2.45) is 11.3 Å². The van der Waals surface area contributed by atoms with Crippen LogP contribution in [0.5, 0.6) is 0 Å². The van der Waals surface area contributed by atoms with Crippen molar-refractivity contribution in [2.75, 3.05) is 6.54 Å². The quantitative estimate of drug-likeness (QED) is 0.904. The van der Waals surface area contributed by atoms with Crippen molar-refractivity contribution in [3.63, 3.8) is 0 Å². The zero-order valence-corrected chi connectivity index (χ0v) is 11.7. The highest BCUT2D eigenvalue weighted by Gasteiger charge is 2.53. The molecule has 2 fully saturated rings. The van der Waals surface area contributed by atoms with E-state index in [4.69, 9.17) is 5.26 Å². The van der Waals surface area contributed by atoms with Crippen LogP contribution in [-0.2, 0) is 10.0 Å². The average molecular weight is 294 g/mol. The van der Waals surface area contributed by atoms with Gasteiger partial charge in [-0.05, 0) is 55.2 Å². The standard InChI is InChI=1S/C14H15FN2O2S/c15-13-4-3-12(7-10(13)8-16)20(18,19)17-9-14(5-6-14)11-1-2-11/h3-4,7,11,17H,1-2,5-6,9H2. The Morgan fingerprint density at radius 1 is 1.40 bits per heavy atom. The predicted molar refractivity (Wildman–Crippen MR) is 70.7 cm³/mol. The van der Waals surface area contributed by atoms with Crippen molar-refractivity contribution in [2.45, 2.75) is 30.6 Å². The lowest BCUT2D eigenvalue weighted by molar-refractivity contribution is 0.432. The summed E-state index contributed by atoms with van der Waals surface area (Å²) >= 11 is 0. The summed E-state index contributed by atoms with van der Waals surface area (Å²) in [5, 5.41) is 8.75. The van der Waals surface area contributed by atoms with Crippen molar-refractivity contribution in [3.8, 4) is 6.07 Å². The van der Waals surface area contributed by atoms with Gasteiger partial charge < -0.3 is 0 Å². The SMILES string of the molecule is N#Cc1cc(S(=O)(=O)NCC2(C3CC3)CC2)ccc1F. The molecule has 0 unspecified atom stereocenters. The monoisotopic (exact) mass is 294 g/mol. The molecule has 1 aromatic rings. The number of nitriles is 1. The highest BCUT2D eigenvalue weighted by atomic mass is 32.2. The molecule has 106 valence electrons. The topological polar surface area (TPSA) is 70.0 Å². The molecule has 3 rings (SSSR count). The minimum atomic E-state index is -3.68. The maximum Gasteiger partial charge on any atom is 0.240 e. The van der Waals surface area contributed by atoms with Crippen LogP contribution in [-0.4, -0.2) is 15.0 Å². The van der Waals surface area contributed by atoms with Gasteiger partial charge in [-0.3, -0.25) is 0 Å². The van der Waals surface area contributed by atoms with Crippen LogP contribution in [0.2, 0.25) is 0 Å². The Balaban J connectivity index is 1.76. The van der Waals surface area contributed by atoms with Crippen LogP contribution in [0.15, 0.2) is 23.1 Å². The van der Waals surface area contributed by atoms with Gasteiger partial charge in [0.2, 0.25) is 10.0 Å². The summed E-state index contributed by atoms with van der Waals surface area (Å²) in [5.41, 5.74) is -0.0956. The number of hydrogen-bond acceptors (Lipinski definition) is 3. The molecule has 0 radical (unpaired) electrons. The largest absolute Gasteiger partial charge is 0.240 e. The van der Waals surface area contributed by atoms with Crippen LogP contribution in [0.1, 0.15) is 31.2 Å². The van der Waals surface area contributed by atoms with Crippen LogP contribution >= 0.6 is 0 Å². The van der Waals surface area contributed by atoms with E-state index in [1.54, 1.807) is 6.07 Å². The molecule has 1 N–H and O–H groups in total. The first-order valence-corrected chi connectivity index (χ1v) is 8.14. The molecule has 0 spiro atoms. The van der Waals surface area contributed by atoms with Crippen LogP contribution in [0.4, 0.5) is 4.39 Å². The van der Waals surface area contributed by atoms with E-state index >= 15 is 0 Å². The molecule has 2 aliphatic carbocycles. The summed E-state index contributed by atoms with van der Waals surface area (Å²) in [6, 6.07) is 4.94. The van der Waals surface area contributed by atoms with Crippen LogP contribution in [0.25, 0.3) is 0 Å². The van der Waals surface area contributed by atoms with Gasteiger partial charge in [0.1, 0.15) is 11.9 Å². The molecule has 6 heteroatoms. The van der Waals surface area contributed by atoms with Crippen molar-refractivity contribution in [1.82, 2.24) is 4.72 Å². The predicted octanol–water partition coefficient (Wildman–Crippen LogP) is 2.17. The summed E-state index contributed by atoms with van der Waals surface area (Å²) in [7, 11) is -3.68. The zero-order chi connectivity index (χ0) is 14.4. The van der Waals surface area contributed by atoms with Gasteiger partial charge >= 0.3 is 0 Å². The van der Waals surface area contributed by atoms with Crippen molar-refractivity contribution >= 4 is 10.0 Å². The molecule has 1 aromatic carbocycles. The second-order valence-corrected chi connectivity index (χ2v) is 7.48. The first-order chi connectivity index (χ1) is 9.47. The van der Waals surface area contributed by atoms with Gasteiger partial charge in [0.25, 0.3) is 0 Å². The van der Waals surface area contributed by atoms with E-state index in [0.717, 1.165) is 25.0 Å². The van der Waals surface area contributed by atoms with Gasteiger partial charge in [-0.1, -0.05) is 0 Å². The number of halogens is 1. The Labute approximate surface area is 117 Å². The number of nitrogens with zero attached hydrogens (tertiary/aromatic N) is 1. The van der Waals surface area contributed by atoms with E-state index in [9.17, 15) is 12.8 Å². The summed E-state index contributed by atoms with van der Waals surface area (Å²) in [4.78, 5) is -0.0537. The van der Waals surface area contributed by atoms with Gasteiger partial charge in [0.05, 0.1) is 10.5 Å². The number of hydrogen-bond donors (Lipinski definition) is 1. The summed E-state index contributed by atoms with van der Waals surface area (Å²) in [5.74, 6) is -0.0452. The fourth-order valence-corrected chi connectivity index (χ4v) is 3.83. The first kappa shape index (κ1) is 13.5. The Morgan fingerprint density at radius 3 is 2.65 bits per heavy atom. The molecular weight excluding hydrogens is 279 g/mol. The fourth-order valence-electron chi connectivity index (χ4n) is 2.66. The van der Waals surface area contributed by atoms with E-state index in [0.29, 0.717) is 12.5 Å². The summed E-state index contributed by atoms with van der Waals surface area (Å²) in [6.07, 6.45) is 4.54. The maximum absolute atomic E-state index is 13.2. The molecule has 0 aliphatic heterocycles. The molecule has 0 heterocycles. The molecule has 0 saturated heterocycles. The Bertz CT molecular complexity index is 686. The third kappa shape index (κ3) is 2.43. The summed E-state index contributed by atoms with van der Waals surface area (Å²) in [6.45, 7) is 0.444. The molecule has 0 aromatic heterocycles. The van der Waals surface area contributed by atoms with E-state index in [-0.39, 0.29) is 15.9 Å². The van der Waals surface area contributed by atoms with Gasteiger partial charge in [0.15, 0.2) is 0 Å². The third-order valence-electron chi connectivity index (χ3n) is 4.32. The van der Waals surface area contributed by atoms with Crippen LogP contribution < -0.4 is 4.72 Å². The van der Waals surface area contributed by atoms with Gasteiger partial charge in [-0.2, -0.15) is 5.26 Å². The van der Waals surface area contributed by atoms with E-state index in [1.165, 1.54) is 18.9 Å². The maximum atomic E-state index is 13.2. The average Bonchev–Trinajstić information content (AvgIpc) is 3.28. The van der Waals surface area contributed by atoms with E-state index < -0.39 is 15.8 Å². The fraction of sp³-hybridized carbons (Fsp3) is 0.500. The smallest absolute Gasteiger partial charge is 0.211 e. The number of benzene rings is 1. The highest BCUT2D eigenvalue weighted by Crippen LogP contribution is 2.60. The van der Waals surface area contributed by atoms with Gasteiger partial charge in [-0.25, -0.2) is 17.5 Å². The molecule has 2 saturated carbocycles. The minimum absolute atomic E-state index is 0.0537. The minimum Gasteiger partial charge on any atom is -0.211 e. The van der Waals surface area contributed by atoms with E-state index in [1.807, 2.05) is 0 Å².